The van der Waals surface area contributed by atoms with E-state index in [1.54, 1.807) is 24.7 Å². The molecule has 118 valence electrons. The van der Waals surface area contributed by atoms with Crippen LogP contribution in [0.1, 0.15) is 28.9 Å². The fourth-order valence-corrected chi connectivity index (χ4v) is 3.10. The molecule has 5 nitrogen and oxygen atoms in total. The number of nitrogens with two attached hydrogens (primary N) is 1. The normalized spacial score (nSPS) is 12.5. The molecule has 1 amide bonds. The highest BCUT2D eigenvalue weighted by molar-refractivity contribution is 6.04. The molecule has 0 aliphatic carbocycles. The van der Waals surface area contributed by atoms with Gasteiger partial charge in [0.25, 0.3) is 5.91 Å². The molecular formula is C19H16N4O. The summed E-state index contributed by atoms with van der Waals surface area (Å²) in [6.45, 7) is 2.08. The highest BCUT2D eigenvalue weighted by Gasteiger charge is 2.16. The quantitative estimate of drug-likeness (QED) is 0.630. The molecule has 0 unspecified atom stereocenters. The molecule has 0 saturated heterocycles. The predicted molar refractivity (Wildman–Crippen MR) is 93.8 cm³/mol. The fraction of sp³-hybridized carbons (Fsp3) is 0.105. The zero-order valence-corrected chi connectivity index (χ0v) is 13.2. The van der Waals surface area contributed by atoms with Gasteiger partial charge in [0, 0.05) is 11.6 Å². The van der Waals surface area contributed by atoms with E-state index in [0.717, 1.165) is 27.5 Å². The number of pyridine rings is 1. The van der Waals surface area contributed by atoms with Crippen LogP contribution in [0.15, 0.2) is 61.1 Å². The van der Waals surface area contributed by atoms with Gasteiger partial charge in [-0.1, -0.05) is 18.2 Å². The molecule has 2 heterocycles. The first-order chi connectivity index (χ1) is 11.6. The Balaban J connectivity index is 1.88. The number of amides is 1. The van der Waals surface area contributed by atoms with Crippen LogP contribution < -0.4 is 5.73 Å². The summed E-state index contributed by atoms with van der Waals surface area (Å²) in [5, 5.41) is 1.08. The Kier molecular flexibility index (Phi) is 3.27. The SMILES string of the molecule is C[C@@H](c1ccc2ncccc2c1)n1cnc2cccc(C(N)=O)c21. The minimum absolute atomic E-state index is 0.0140. The molecule has 4 rings (SSSR count). The number of nitrogens with zero attached hydrogens (tertiary/aromatic N) is 3. The number of primary amides is 1. The highest BCUT2D eigenvalue weighted by Crippen LogP contribution is 2.27. The molecule has 2 aromatic heterocycles. The van der Waals surface area contributed by atoms with Gasteiger partial charge in [-0.05, 0) is 42.8 Å². The number of aromatic nitrogens is 3. The molecule has 1 atom stereocenters. The molecule has 2 aromatic carbocycles. The Morgan fingerprint density at radius 2 is 1.96 bits per heavy atom. The van der Waals surface area contributed by atoms with Crippen molar-refractivity contribution >= 4 is 27.8 Å². The maximum atomic E-state index is 11.8. The van der Waals surface area contributed by atoms with Gasteiger partial charge < -0.3 is 10.3 Å². The van der Waals surface area contributed by atoms with Gasteiger partial charge in [0.2, 0.25) is 0 Å². The highest BCUT2D eigenvalue weighted by atomic mass is 16.1. The van der Waals surface area contributed by atoms with Crippen molar-refractivity contribution in [3.63, 3.8) is 0 Å². The van der Waals surface area contributed by atoms with Gasteiger partial charge in [-0.3, -0.25) is 9.78 Å². The fourth-order valence-electron chi connectivity index (χ4n) is 3.10. The van der Waals surface area contributed by atoms with E-state index in [4.69, 9.17) is 5.73 Å². The second-order valence-electron chi connectivity index (χ2n) is 5.82. The van der Waals surface area contributed by atoms with Crippen LogP contribution in [-0.2, 0) is 0 Å². The second-order valence-corrected chi connectivity index (χ2v) is 5.82. The van der Waals surface area contributed by atoms with E-state index in [-0.39, 0.29) is 6.04 Å². The smallest absolute Gasteiger partial charge is 0.250 e. The Labute approximate surface area is 138 Å². The molecule has 5 heteroatoms. The first kappa shape index (κ1) is 14.4. The predicted octanol–water partition coefficient (Wildman–Crippen LogP) is 3.29. The molecule has 0 fully saturated rings. The lowest BCUT2D eigenvalue weighted by Crippen LogP contribution is -2.14. The number of fused-ring (bicyclic) bond motifs is 2. The van der Waals surface area contributed by atoms with Gasteiger partial charge in [0.15, 0.2) is 0 Å². The van der Waals surface area contributed by atoms with Gasteiger partial charge >= 0.3 is 0 Å². The van der Waals surface area contributed by atoms with E-state index in [2.05, 4.69) is 29.0 Å². The lowest BCUT2D eigenvalue weighted by Gasteiger charge is -2.16. The summed E-state index contributed by atoms with van der Waals surface area (Å²) in [5.41, 5.74) is 9.63. The third-order valence-electron chi connectivity index (χ3n) is 4.39. The number of benzene rings is 2. The molecule has 0 aliphatic heterocycles. The Morgan fingerprint density at radius 1 is 1.08 bits per heavy atom. The van der Waals surface area contributed by atoms with Crippen molar-refractivity contribution in [3.8, 4) is 0 Å². The van der Waals surface area contributed by atoms with Crippen LogP contribution in [0.4, 0.5) is 0 Å². The van der Waals surface area contributed by atoms with Gasteiger partial charge in [0.05, 0.1) is 34.5 Å². The summed E-state index contributed by atoms with van der Waals surface area (Å²) < 4.78 is 1.99. The molecular weight excluding hydrogens is 300 g/mol. The van der Waals surface area contributed by atoms with Gasteiger partial charge in [-0.2, -0.15) is 0 Å². The summed E-state index contributed by atoms with van der Waals surface area (Å²) in [6, 6.07) is 15.6. The summed E-state index contributed by atoms with van der Waals surface area (Å²) in [7, 11) is 0. The summed E-state index contributed by atoms with van der Waals surface area (Å²) in [5.74, 6) is -0.447. The maximum Gasteiger partial charge on any atom is 0.250 e. The summed E-state index contributed by atoms with van der Waals surface area (Å²) in [4.78, 5) is 20.5. The number of hydrogen-bond donors (Lipinski definition) is 1. The minimum Gasteiger partial charge on any atom is -0.366 e. The van der Waals surface area contributed by atoms with Gasteiger partial charge in [-0.25, -0.2) is 4.98 Å². The molecule has 4 aromatic rings. The standard InChI is InChI=1S/C19H16N4O/c1-12(13-7-8-16-14(10-13)4-3-9-21-16)23-11-22-17-6-2-5-15(18(17)23)19(20)24/h2-12H,1H3,(H2,20,24)/t12-/m0/s1. The van der Waals surface area contributed by atoms with E-state index >= 15 is 0 Å². The first-order valence-corrected chi connectivity index (χ1v) is 7.75. The van der Waals surface area contributed by atoms with E-state index < -0.39 is 5.91 Å². The Bertz CT molecular complexity index is 1070. The maximum absolute atomic E-state index is 11.8. The average Bonchev–Trinajstić information content (AvgIpc) is 3.04. The number of para-hydroxylation sites is 1. The second kappa shape index (κ2) is 5.45. The largest absolute Gasteiger partial charge is 0.366 e. The number of imidazole rings is 1. The lowest BCUT2D eigenvalue weighted by molar-refractivity contribution is 0.100. The van der Waals surface area contributed by atoms with Crippen molar-refractivity contribution in [1.29, 1.82) is 0 Å². The van der Waals surface area contributed by atoms with Crippen LogP contribution in [0.25, 0.3) is 21.9 Å². The first-order valence-electron chi connectivity index (χ1n) is 7.75. The Hall–Kier alpha value is -3.21. The third kappa shape index (κ3) is 2.22. The number of rotatable bonds is 3. The van der Waals surface area contributed by atoms with E-state index in [1.165, 1.54) is 0 Å². The van der Waals surface area contributed by atoms with Crippen LogP contribution in [0.3, 0.4) is 0 Å². The van der Waals surface area contributed by atoms with Crippen LogP contribution in [0, 0.1) is 0 Å². The van der Waals surface area contributed by atoms with Crippen molar-refractivity contribution in [1.82, 2.24) is 14.5 Å². The monoisotopic (exact) mass is 316 g/mol. The molecule has 24 heavy (non-hydrogen) atoms. The van der Waals surface area contributed by atoms with E-state index in [0.29, 0.717) is 5.56 Å². The van der Waals surface area contributed by atoms with Gasteiger partial charge in [0.1, 0.15) is 0 Å². The molecule has 0 radical (unpaired) electrons. The number of hydrogen-bond acceptors (Lipinski definition) is 3. The lowest BCUT2D eigenvalue weighted by atomic mass is 10.0. The molecule has 0 saturated carbocycles. The van der Waals surface area contributed by atoms with Crippen molar-refractivity contribution in [2.75, 3.05) is 0 Å². The Morgan fingerprint density at radius 3 is 2.79 bits per heavy atom. The van der Waals surface area contributed by atoms with Crippen LogP contribution in [0.2, 0.25) is 0 Å². The molecule has 0 aliphatic rings. The van der Waals surface area contributed by atoms with Crippen molar-refractivity contribution in [2.24, 2.45) is 5.73 Å². The summed E-state index contributed by atoms with van der Waals surface area (Å²) >= 11 is 0. The topological polar surface area (TPSA) is 73.8 Å². The van der Waals surface area contributed by atoms with Crippen LogP contribution >= 0.6 is 0 Å². The van der Waals surface area contributed by atoms with Crippen molar-refractivity contribution in [2.45, 2.75) is 13.0 Å². The summed E-state index contributed by atoms with van der Waals surface area (Å²) in [6.07, 6.45) is 3.54. The van der Waals surface area contributed by atoms with Crippen molar-refractivity contribution in [3.05, 3.63) is 72.2 Å². The van der Waals surface area contributed by atoms with Crippen molar-refractivity contribution < 1.29 is 4.79 Å². The zero-order chi connectivity index (χ0) is 16.7. The average molecular weight is 316 g/mol. The molecule has 2 N–H and O–H groups in total. The van der Waals surface area contributed by atoms with Crippen LogP contribution in [0.5, 0.6) is 0 Å². The molecule has 0 bridgehead atoms. The minimum atomic E-state index is -0.447. The number of carbonyl (C=O) groups is 1. The van der Waals surface area contributed by atoms with Gasteiger partial charge in [-0.15, -0.1) is 0 Å². The third-order valence-corrected chi connectivity index (χ3v) is 4.39. The van der Waals surface area contributed by atoms with E-state index in [1.807, 2.05) is 28.8 Å². The van der Waals surface area contributed by atoms with Crippen LogP contribution in [-0.4, -0.2) is 20.4 Å². The van der Waals surface area contributed by atoms with E-state index in [9.17, 15) is 4.79 Å². The zero-order valence-electron chi connectivity index (χ0n) is 13.2. The molecule has 0 spiro atoms. The number of carbonyl (C=O) groups excluding carboxylic acids is 1.